The molecule has 17 heavy (non-hydrogen) atoms. The molecule has 1 heterocycles. The van der Waals surface area contributed by atoms with Crippen molar-refractivity contribution >= 4 is 17.8 Å². The fourth-order valence-corrected chi connectivity index (χ4v) is 1.04. The lowest BCUT2D eigenvalue weighted by molar-refractivity contribution is -0.137. The second-order valence-corrected chi connectivity index (χ2v) is 3.26. The van der Waals surface area contributed by atoms with Gasteiger partial charge in [0, 0.05) is 13.2 Å². The number of carboxylic acids is 1. The zero-order chi connectivity index (χ0) is 12.8. The summed E-state index contributed by atoms with van der Waals surface area (Å²) in [4.78, 5) is 32.7. The van der Waals surface area contributed by atoms with Crippen LogP contribution in [0.15, 0.2) is 12.4 Å². The fourth-order valence-electron chi connectivity index (χ4n) is 1.04. The quantitative estimate of drug-likeness (QED) is 0.570. The molecule has 0 aromatic carbocycles. The van der Waals surface area contributed by atoms with Crippen LogP contribution in [0.4, 0.5) is 0 Å². The van der Waals surface area contributed by atoms with Gasteiger partial charge in [0.1, 0.15) is 6.54 Å². The van der Waals surface area contributed by atoms with E-state index in [9.17, 15) is 14.4 Å². The second-order valence-electron chi connectivity index (χ2n) is 3.26. The molecule has 0 saturated heterocycles. The number of carboxylic acid groups (broad SMARTS) is 1. The highest BCUT2D eigenvalue weighted by Gasteiger charge is 2.09. The summed E-state index contributed by atoms with van der Waals surface area (Å²) in [6, 6.07) is 0. The average molecular weight is 240 g/mol. The third-order valence-electron chi connectivity index (χ3n) is 1.81. The number of hydrogen-bond acceptors (Lipinski definition) is 4. The minimum atomic E-state index is -1.14. The van der Waals surface area contributed by atoms with Gasteiger partial charge in [-0.05, 0) is 0 Å². The van der Waals surface area contributed by atoms with Gasteiger partial charge in [-0.25, -0.2) is 0 Å². The predicted molar refractivity (Wildman–Crippen MR) is 56.2 cm³/mol. The Morgan fingerprint density at radius 1 is 1.35 bits per heavy atom. The van der Waals surface area contributed by atoms with E-state index in [0.717, 1.165) is 0 Å². The highest BCUT2D eigenvalue weighted by Crippen LogP contribution is 1.94. The smallest absolute Gasteiger partial charge is 0.322 e. The van der Waals surface area contributed by atoms with Crippen LogP contribution in [0, 0.1) is 0 Å². The molecule has 0 atom stereocenters. The molecule has 2 amide bonds. The molecule has 0 fully saturated rings. The largest absolute Gasteiger partial charge is 0.480 e. The normalized spacial score (nSPS) is 9.71. The monoisotopic (exact) mass is 240 g/mol. The molecular formula is C9H12N4O4. The summed E-state index contributed by atoms with van der Waals surface area (Å²) in [6.07, 6.45) is 2.87. The van der Waals surface area contributed by atoms with E-state index in [1.165, 1.54) is 17.1 Å². The molecule has 0 unspecified atom stereocenters. The van der Waals surface area contributed by atoms with Crippen molar-refractivity contribution in [3.8, 4) is 0 Å². The number of hydrogen-bond donors (Lipinski definition) is 3. The van der Waals surface area contributed by atoms with Crippen molar-refractivity contribution in [3.63, 3.8) is 0 Å². The maximum atomic E-state index is 11.4. The molecule has 0 saturated carbocycles. The first kappa shape index (κ1) is 12.7. The minimum Gasteiger partial charge on any atom is -0.480 e. The summed E-state index contributed by atoms with van der Waals surface area (Å²) in [5.41, 5.74) is 0.332. The van der Waals surface area contributed by atoms with Gasteiger partial charge < -0.3 is 15.7 Å². The summed E-state index contributed by atoms with van der Waals surface area (Å²) in [6.45, 7) is -0.747. The molecule has 0 aliphatic rings. The van der Waals surface area contributed by atoms with Crippen molar-refractivity contribution in [1.29, 1.82) is 0 Å². The zero-order valence-corrected chi connectivity index (χ0v) is 9.14. The first-order valence-corrected chi connectivity index (χ1v) is 4.74. The molecule has 1 rings (SSSR count). The van der Waals surface area contributed by atoms with Crippen LogP contribution in [0.5, 0.6) is 0 Å². The van der Waals surface area contributed by atoms with E-state index in [1.54, 1.807) is 7.05 Å². The summed E-state index contributed by atoms with van der Waals surface area (Å²) in [5.74, 6) is -2.15. The van der Waals surface area contributed by atoms with Crippen LogP contribution < -0.4 is 10.6 Å². The zero-order valence-electron chi connectivity index (χ0n) is 9.14. The van der Waals surface area contributed by atoms with Crippen LogP contribution in [0.25, 0.3) is 0 Å². The Morgan fingerprint density at radius 3 is 2.59 bits per heavy atom. The number of aromatic nitrogens is 2. The van der Waals surface area contributed by atoms with Gasteiger partial charge in [-0.15, -0.1) is 0 Å². The van der Waals surface area contributed by atoms with Crippen LogP contribution in [0.1, 0.15) is 10.4 Å². The van der Waals surface area contributed by atoms with E-state index in [0.29, 0.717) is 5.56 Å². The molecule has 1 aromatic heterocycles. The van der Waals surface area contributed by atoms with Crippen LogP contribution in [-0.2, 0) is 16.6 Å². The van der Waals surface area contributed by atoms with Gasteiger partial charge in [0.15, 0.2) is 0 Å². The van der Waals surface area contributed by atoms with E-state index in [1.807, 2.05) is 0 Å². The maximum Gasteiger partial charge on any atom is 0.322 e. The van der Waals surface area contributed by atoms with Crippen molar-refractivity contribution in [2.75, 3.05) is 13.1 Å². The van der Waals surface area contributed by atoms with Crippen molar-refractivity contribution in [1.82, 2.24) is 20.4 Å². The number of rotatable bonds is 5. The Morgan fingerprint density at radius 2 is 2.06 bits per heavy atom. The third-order valence-corrected chi connectivity index (χ3v) is 1.81. The number of carbonyl (C=O) groups excluding carboxylic acids is 2. The van der Waals surface area contributed by atoms with E-state index in [2.05, 4.69) is 15.7 Å². The molecule has 0 spiro atoms. The number of nitrogens with one attached hydrogen (secondary N) is 2. The molecule has 92 valence electrons. The molecule has 0 radical (unpaired) electrons. The number of aryl methyl sites for hydroxylation is 1. The van der Waals surface area contributed by atoms with E-state index >= 15 is 0 Å². The Balaban J connectivity index is 2.33. The molecular weight excluding hydrogens is 228 g/mol. The molecule has 3 N–H and O–H groups in total. The van der Waals surface area contributed by atoms with Crippen molar-refractivity contribution in [2.24, 2.45) is 7.05 Å². The first-order chi connectivity index (χ1) is 7.99. The number of nitrogens with zero attached hydrogens (tertiary/aromatic N) is 2. The van der Waals surface area contributed by atoms with Crippen LogP contribution in [-0.4, -0.2) is 45.8 Å². The van der Waals surface area contributed by atoms with Crippen molar-refractivity contribution in [3.05, 3.63) is 18.0 Å². The van der Waals surface area contributed by atoms with Crippen LogP contribution >= 0.6 is 0 Å². The number of amides is 2. The summed E-state index contributed by atoms with van der Waals surface area (Å²) < 4.78 is 1.46. The van der Waals surface area contributed by atoms with Gasteiger partial charge in [-0.2, -0.15) is 5.10 Å². The standard InChI is InChI=1S/C9H12N4O4/c1-13-5-6(2-12-13)9(17)11-3-7(14)10-4-8(15)16/h2,5H,3-4H2,1H3,(H,10,14)(H,11,17)(H,15,16). The van der Waals surface area contributed by atoms with Crippen molar-refractivity contribution < 1.29 is 19.5 Å². The lowest BCUT2D eigenvalue weighted by atomic mass is 10.3. The van der Waals surface area contributed by atoms with Crippen LogP contribution in [0.2, 0.25) is 0 Å². The van der Waals surface area contributed by atoms with Gasteiger partial charge in [0.2, 0.25) is 5.91 Å². The Bertz CT molecular complexity index is 440. The Kier molecular flexibility index (Phi) is 4.21. The Labute approximate surface area is 96.6 Å². The minimum absolute atomic E-state index is 0.277. The van der Waals surface area contributed by atoms with Gasteiger partial charge in [0.05, 0.1) is 18.3 Å². The van der Waals surface area contributed by atoms with E-state index < -0.39 is 24.3 Å². The first-order valence-electron chi connectivity index (χ1n) is 4.74. The van der Waals surface area contributed by atoms with Gasteiger partial charge in [-0.3, -0.25) is 19.1 Å². The number of aliphatic carboxylic acids is 1. The molecule has 0 bridgehead atoms. The molecule has 1 aromatic rings. The predicted octanol–water partition coefficient (Wildman–Crippen LogP) is -1.65. The van der Waals surface area contributed by atoms with Crippen molar-refractivity contribution in [2.45, 2.75) is 0 Å². The summed E-state index contributed by atoms with van der Waals surface area (Å²) >= 11 is 0. The SMILES string of the molecule is Cn1cc(C(=O)NCC(=O)NCC(=O)O)cn1. The molecule has 0 aliphatic heterocycles. The molecule has 8 nitrogen and oxygen atoms in total. The average Bonchev–Trinajstić information content (AvgIpc) is 2.70. The highest BCUT2D eigenvalue weighted by molar-refractivity contribution is 5.96. The van der Waals surface area contributed by atoms with Gasteiger partial charge in [-0.1, -0.05) is 0 Å². The summed E-state index contributed by atoms with van der Waals surface area (Å²) in [5, 5.41) is 16.6. The molecule has 8 heteroatoms. The lowest BCUT2D eigenvalue weighted by Gasteiger charge is -2.03. The van der Waals surface area contributed by atoms with E-state index in [-0.39, 0.29) is 6.54 Å². The number of carbonyl (C=O) groups is 3. The summed E-state index contributed by atoms with van der Waals surface area (Å²) in [7, 11) is 1.66. The fraction of sp³-hybridized carbons (Fsp3) is 0.333. The van der Waals surface area contributed by atoms with Crippen LogP contribution in [0.3, 0.4) is 0 Å². The topological polar surface area (TPSA) is 113 Å². The Hall–Kier alpha value is -2.38. The maximum absolute atomic E-state index is 11.4. The van der Waals surface area contributed by atoms with Gasteiger partial charge >= 0.3 is 5.97 Å². The second kappa shape index (κ2) is 5.64. The highest BCUT2D eigenvalue weighted by atomic mass is 16.4. The van der Waals surface area contributed by atoms with E-state index in [4.69, 9.17) is 5.11 Å². The van der Waals surface area contributed by atoms with Gasteiger partial charge in [0.25, 0.3) is 5.91 Å². The lowest BCUT2D eigenvalue weighted by Crippen LogP contribution is -2.38. The molecule has 0 aliphatic carbocycles. The third kappa shape index (κ3) is 4.33.